The van der Waals surface area contributed by atoms with Crippen LogP contribution in [-0.2, 0) is 19.2 Å². The van der Waals surface area contributed by atoms with E-state index in [0.717, 1.165) is 5.39 Å². The molecule has 1 aliphatic heterocycles. The minimum absolute atomic E-state index is 0.197. The Labute approximate surface area is 190 Å². The van der Waals surface area contributed by atoms with Crippen LogP contribution in [0.1, 0.15) is 43.1 Å². The highest BCUT2D eigenvalue weighted by Gasteiger charge is 2.35. The molecule has 1 aliphatic rings. The van der Waals surface area contributed by atoms with Crippen molar-refractivity contribution in [2.75, 3.05) is 6.54 Å². The van der Waals surface area contributed by atoms with Crippen LogP contribution in [-0.4, -0.2) is 69.6 Å². The molecule has 3 amide bonds. The summed E-state index contributed by atoms with van der Waals surface area (Å²) >= 11 is 0. The summed E-state index contributed by atoms with van der Waals surface area (Å²) in [6.07, 6.45) is 3.11. The average molecular weight is 454 g/mol. The van der Waals surface area contributed by atoms with Crippen LogP contribution in [0.25, 0.3) is 10.8 Å². The van der Waals surface area contributed by atoms with Crippen LogP contribution in [0.4, 0.5) is 0 Å². The van der Waals surface area contributed by atoms with Gasteiger partial charge in [0, 0.05) is 18.1 Å². The van der Waals surface area contributed by atoms with Crippen molar-refractivity contribution in [3.05, 3.63) is 42.2 Å². The Morgan fingerprint density at radius 3 is 2.67 bits per heavy atom. The van der Waals surface area contributed by atoms with E-state index < -0.39 is 48.2 Å². The van der Waals surface area contributed by atoms with Gasteiger partial charge in [0.25, 0.3) is 5.91 Å². The van der Waals surface area contributed by atoms with E-state index >= 15 is 0 Å². The molecule has 1 fully saturated rings. The van der Waals surface area contributed by atoms with Crippen LogP contribution in [0, 0.1) is 0 Å². The second-order valence-corrected chi connectivity index (χ2v) is 7.97. The van der Waals surface area contributed by atoms with Gasteiger partial charge in [0.2, 0.25) is 11.8 Å². The maximum Gasteiger partial charge on any atom is 0.305 e. The van der Waals surface area contributed by atoms with Gasteiger partial charge in [-0.3, -0.25) is 24.2 Å². The Morgan fingerprint density at radius 1 is 1.18 bits per heavy atom. The van der Waals surface area contributed by atoms with E-state index in [1.54, 1.807) is 18.2 Å². The number of aliphatic carboxylic acids is 1. The summed E-state index contributed by atoms with van der Waals surface area (Å²) in [5.74, 6) is -2.75. The Balaban J connectivity index is 1.70. The minimum atomic E-state index is -1.22. The molecule has 2 aromatic rings. The van der Waals surface area contributed by atoms with Crippen molar-refractivity contribution in [2.45, 2.75) is 50.7 Å². The third-order valence-corrected chi connectivity index (χ3v) is 5.58. The van der Waals surface area contributed by atoms with Crippen molar-refractivity contribution in [1.29, 1.82) is 0 Å². The van der Waals surface area contributed by atoms with Crippen LogP contribution in [0.3, 0.4) is 0 Å². The normalized spacial score (nSPS) is 17.6. The van der Waals surface area contributed by atoms with E-state index in [4.69, 9.17) is 5.11 Å². The van der Waals surface area contributed by atoms with Gasteiger partial charge in [0.1, 0.15) is 24.1 Å². The van der Waals surface area contributed by atoms with Crippen LogP contribution in [0.5, 0.6) is 0 Å². The molecule has 33 heavy (non-hydrogen) atoms. The largest absolute Gasteiger partial charge is 0.481 e. The van der Waals surface area contributed by atoms with Crippen molar-refractivity contribution in [2.24, 2.45) is 0 Å². The summed E-state index contributed by atoms with van der Waals surface area (Å²) in [6.45, 7) is 1.85. The Hall–Kier alpha value is -3.82. The number of pyridine rings is 1. The highest BCUT2D eigenvalue weighted by molar-refractivity contribution is 6.06. The van der Waals surface area contributed by atoms with E-state index in [0.29, 0.717) is 37.5 Å². The number of hydrogen-bond donors (Lipinski definition) is 3. The molecule has 0 aliphatic carbocycles. The smallest absolute Gasteiger partial charge is 0.305 e. The molecule has 174 valence electrons. The molecule has 1 aromatic carbocycles. The lowest BCUT2D eigenvalue weighted by Gasteiger charge is -2.36. The number of rotatable bonds is 8. The number of carbonyl (C=O) groups excluding carboxylic acids is 4. The Bertz CT molecular complexity index is 1070. The molecular formula is C23H26N4O6. The summed E-state index contributed by atoms with van der Waals surface area (Å²) in [6, 6.07) is 6.11. The van der Waals surface area contributed by atoms with Crippen molar-refractivity contribution >= 4 is 40.7 Å². The van der Waals surface area contributed by atoms with E-state index in [1.165, 1.54) is 18.0 Å². The molecule has 10 nitrogen and oxygen atoms in total. The van der Waals surface area contributed by atoms with Gasteiger partial charge < -0.3 is 25.4 Å². The van der Waals surface area contributed by atoms with Crippen molar-refractivity contribution in [1.82, 2.24) is 20.5 Å². The molecular weight excluding hydrogens is 428 g/mol. The predicted octanol–water partition coefficient (Wildman–Crippen LogP) is 0.893. The zero-order valence-electron chi connectivity index (χ0n) is 18.2. The summed E-state index contributed by atoms with van der Waals surface area (Å²) in [5, 5.41) is 15.4. The molecule has 0 spiro atoms. The lowest BCUT2D eigenvalue weighted by atomic mass is 9.99. The van der Waals surface area contributed by atoms with Gasteiger partial charge in [0.15, 0.2) is 0 Å². The Morgan fingerprint density at radius 2 is 1.94 bits per heavy atom. The molecule has 1 saturated heterocycles. The van der Waals surface area contributed by atoms with E-state index in [-0.39, 0.29) is 5.69 Å². The molecule has 2 heterocycles. The van der Waals surface area contributed by atoms with E-state index in [2.05, 4.69) is 15.6 Å². The lowest BCUT2D eigenvalue weighted by Crippen LogP contribution is -2.58. The molecule has 1 aromatic heterocycles. The molecule has 0 radical (unpaired) electrons. The quantitative estimate of drug-likeness (QED) is 0.502. The highest BCUT2D eigenvalue weighted by Crippen LogP contribution is 2.20. The van der Waals surface area contributed by atoms with E-state index in [1.807, 2.05) is 12.1 Å². The SMILES string of the molecule is CC(NC(=O)c1nccc2ccccc12)C(=O)N1CCCCC1C(=O)N[C@H](C=O)CC(=O)O. The third-order valence-electron chi connectivity index (χ3n) is 5.58. The zero-order chi connectivity index (χ0) is 24.0. The second-order valence-electron chi connectivity index (χ2n) is 7.97. The first-order valence-electron chi connectivity index (χ1n) is 10.7. The average Bonchev–Trinajstić information content (AvgIpc) is 2.82. The van der Waals surface area contributed by atoms with Crippen LogP contribution in [0.15, 0.2) is 36.5 Å². The van der Waals surface area contributed by atoms with Crippen molar-refractivity contribution in [3.8, 4) is 0 Å². The number of likely N-dealkylation sites (tertiary alicyclic amines) is 1. The molecule has 0 bridgehead atoms. The standard InChI is InChI=1S/C23H26N4O6/c1-14(25-22(32)20-17-7-3-2-6-15(17)9-10-24-20)23(33)27-11-5-4-8-18(27)21(31)26-16(13-28)12-19(29)30/h2-3,6-7,9-10,13-14,16,18H,4-5,8,11-12H2,1H3,(H,25,32)(H,26,31)(H,29,30)/t14?,16-,18?/m0/s1. The number of aldehydes is 1. The number of amides is 3. The number of piperidine rings is 1. The number of carbonyl (C=O) groups is 5. The number of benzene rings is 1. The number of carboxylic acids is 1. The Kier molecular flexibility index (Phi) is 7.70. The van der Waals surface area contributed by atoms with Crippen LogP contribution >= 0.6 is 0 Å². The van der Waals surface area contributed by atoms with Gasteiger partial charge in [-0.15, -0.1) is 0 Å². The maximum absolute atomic E-state index is 13.1. The summed E-state index contributed by atoms with van der Waals surface area (Å²) in [4.78, 5) is 66.2. The first kappa shape index (κ1) is 23.8. The molecule has 10 heteroatoms. The van der Waals surface area contributed by atoms with Gasteiger partial charge in [0.05, 0.1) is 12.5 Å². The van der Waals surface area contributed by atoms with Gasteiger partial charge in [-0.05, 0) is 37.6 Å². The first-order chi connectivity index (χ1) is 15.8. The molecule has 2 unspecified atom stereocenters. The number of hydrogen-bond acceptors (Lipinski definition) is 6. The first-order valence-corrected chi connectivity index (χ1v) is 10.7. The lowest BCUT2D eigenvalue weighted by molar-refractivity contribution is -0.144. The van der Waals surface area contributed by atoms with Crippen molar-refractivity contribution < 1.29 is 29.1 Å². The molecule has 3 atom stereocenters. The minimum Gasteiger partial charge on any atom is -0.481 e. The number of nitrogens with zero attached hydrogens (tertiary/aromatic N) is 2. The zero-order valence-corrected chi connectivity index (χ0v) is 18.2. The fourth-order valence-electron chi connectivity index (χ4n) is 3.94. The van der Waals surface area contributed by atoms with Crippen molar-refractivity contribution in [3.63, 3.8) is 0 Å². The molecule has 3 rings (SSSR count). The van der Waals surface area contributed by atoms with Gasteiger partial charge in [-0.2, -0.15) is 0 Å². The molecule has 0 saturated carbocycles. The van der Waals surface area contributed by atoms with E-state index in [9.17, 15) is 24.0 Å². The number of carboxylic acid groups (broad SMARTS) is 1. The number of fused-ring (bicyclic) bond motifs is 1. The maximum atomic E-state index is 13.1. The highest BCUT2D eigenvalue weighted by atomic mass is 16.4. The van der Waals surface area contributed by atoms with Gasteiger partial charge in [-0.1, -0.05) is 24.3 Å². The number of nitrogens with one attached hydrogen (secondary N) is 2. The van der Waals surface area contributed by atoms with Gasteiger partial charge >= 0.3 is 5.97 Å². The fourth-order valence-corrected chi connectivity index (χ4v) is 3.94. The summed E-state index contributed by atoms with van der Waals surface area (Å²) in [5.41, 5.74) is 0.197. The second kappa shape index (κ2) is 10.7. The molecule has 3 N–H and O–H groups in total. The monoisotopic (exact) mass is 454 g/mol. The summed E-state index contributed by atoms with van der Waals surface area (Å²) < 4.78 is 0. The fraction of sp³-hybridized carbons (Fsp3) is 0.391. The van der Waals surface area contributed by atoms with Crippen LogP contribution < -0.4 is 10.6 Å². The topological polar surface area (TPSA) is 146 Å². The predicted molar refractivity (Wildman–Crippen MR) is 118 cm³/mol. The summed E-state index contributed by atoms with van der Waals surface area (Å²) in [7, 11) is 0. The van der Waals surface area contributed by atoms with Crippen LogP contribution in [0.2, 0.25) is 0 Å². The van der Waals surface area contributed by atoms with Gasteiger partial charge in [-0.25, -0.2) is 0 Å². The third kappa shape index (κ3) is 5.71. The number of aromatic nitrogens is 1.